The van der Waals surface area contributed by atoms with E-state index in [0.717, 1.165) is 25.7 Å². The molecule has 2 saturated heterocycles. The van der Waals surface area contributed by atoms with Crippen LogP contribution in [0.1, 0.15) is 67.1 Å². The monoisotopic (exact) mass is 460 g/mol. The number of carbonyl (C=O) groups is 4. The molecule has 4 amide bonds. The molecular weight excluding hydrogens is 436 g/mol. The highest BCUT2D eigenvalue weighted by molar-refractivity contribution is 6.23. The lowest BCUT2D eigenvalue weighted by molar-refractivity contribution is 0.0468. The van der Waals surface area contributed by atoms with Crippen molar-refractivity contribution in [3.05, 3.63) is 58.7 Å². The van der Waals surface area contributed by atoms with E-state index < -0.39 is 0 Å². The van der Waals surface area contributed by atoms with Crippen molar-refractivity contribution in [1.82, 2.24) is 9.80 Å². The molecule has 0 aliphatic carbocycles. The third kappa shape index (κ3) is 3.36. The number of hydrogen-bond donors (Lipinski definition) is 0. The fraction of sp³-hybridized carbons (Fsp3) is 0.385. The molecule has 2 atom stereocenters. The summed E-state index contributed by atoms with van der Waals surface area (Å²) in [5, 5.41) is 0. The summed E-state index contributed by atoms with van der Waals surface area (Å²) in [5.41, 5.74) is 2.87. The Balaban J connectivity index is 1.26. The van der Waals surface area contributed by atoms with Crippen molar-refractivity contribution in [3.63, 3.8) is 0 Å². The van der Waals surface area contributed by atoms with Crippen LogP contribution in [0, 0.1) is 0 Å². The van der Waals surface area contributed by atoms with Gasteiger partial charge in [0, 0.05) is 13.2 Å². The summed E-state index contributed by atoms with van der Waals surface area (Å²) in [4.78, 5) is 54.1. The summed E-state index contributed by atoms with van der Waals surface area (Å²) in [6.45, 7) is 1.83. The molecule has 2 fully saturated rings. The van der Waals surface area contributed by atoms with E-state index >= 15 is 0 Å². The second kappa shape index (κ2) is 8.14. The Labute approximate surface area is 196 Å². The van der Waals surface area contributed by atoms with Crippen LogP contribution in [0.15, 0.2) is 36.4 Å². The zero-order chi connectivity index (χ0) is 23.4. The summed E-state index contributed by atoms with van der Waals surface area (Å²) in [6.07, 6.45) is 3.32. The molecule has 0 spiro atoms. The SMILES string of the molecule is O=C1c2ccc(-c3ccc4c(c3)C(=O)N(CC3CCCO3)C4=O)cc2C(=O)N1CC1CCCO1. The van der Waals surface area contributed by atoms with Crippen LogP contribution in [0.25, 0.3) is 11.1 Å². The van der Waals surface area contributed by atoms with Gasteiger partial charge in [-0.3, -0.25) is 29.0 Å². The number of carbonyl (C=O) groups excluding carboxylic acids is 4. The minimum Gasteiger partial charge on any atom is -0.376 e. The average molecular weight is 460 g/mol. The van der Waals surface area contributed by atoms with Crippen molar-refractivity contribution in [2.24, 2.45) is 0 Å². The van der Waals surface area contributed by atoms with E-state index in [4.69, 9.17) is 9.47 Å². The summed E-state index contributed by atoms with van der Waals surface area (Å²) in [5.74, 6) is -1.26. The van der Waals surface area contributed by atoms with Gasteiger partial charge in [-0.2, -0.15) is 0 Å². The maximum absolute atomic E-state index is 13.0. The fourth-order valence-corrected chi connectivity index (χ4v) is 5.26. The van der Waals surface area contributed by atoms with Crippen LogP contribution in [-0.4, -0.2) is 71.9 Å². The van der Waals surface area contributed by atoms with Crippen LogP contribution in [0.3, 0.4) is 0 Å². The van der Waals surface area contributed by atoms with Gasteiger partial charge in [0.25, 0.3) is 23.6 Å². The molecule has 0 bridgehead atoms. The second-order valence-electron chi connectivity index (χ2n) is 9.23. The first-order chi connectivity index (χ1) is 16.5. The maximum atomic E-state index is 13.0. The van der Waals surface area contributed by atoms with Crippen molar-refractivity contribution < 1.29 is 28.7 Å². The third-order valence-corrected chi connectivity index (χ3v) is 7.10. The standard InChI is InChI=1S/C26H24N2O6/c29-23-19-7-5-15(11-21(19)25(31)27(23)13-17-3-1-9-33-17)16-6-8-20-22(12-16)26(32)28(24(20)30)14-18-4-2-10-34-18/h5-8,11-12,17-18H,1-4,9-10,13-14H2. The van der Waals surface area contributed by atoms with E-state index in [1.54, 1.807) is 36.4 Å². The van der Waals surface area contributed by atoms with E-state index in [9.17, 15) is 19.2 Å². The highest BCUT2D eigenvalue weighted by Gasteiger charge is 2.39. The van der Waals surface area contributed by atoms with Gasteiger partial charge >= 0.3 is 0 Å². The molecule has 6 rings (SSSR count). The first-order valence-electron chi connectivity index (χ1n) is 11.8. The second-order valence-corrected chi connectivity index (χ2v) is 9.23. The largest absolute Gasteiger partial charge is 0.376 e. The number of imide groups is 2. The molecule has 4 heterocycles. The molecule has 2 unspecified atom stereocenters. The molecule has 8 nitrogen and oxygen atoms in total. The van der Waals surface area contributed by atoms with Gasteiger partial charge in [-0.15, -0.1) is 0 Å². The van der Waals surface area contributed by atoms with Crippen molar-refractivity contribution in [2.45, 2.75) is 37.9 Å². The topological polar surface area (TPSA) is 93.2 Å². The number of ether oxygens (including phenoxy) is 2. The number of nitrogens with zero attached hydrogens (tertiary/aromatic N) is 2. The molecule has 174 valence electrons. The first kappa shape index (κ1) is 21.2. The fourth-order valence-electron chi connectivity index (χ4n) is 5.26. The van der Waals surface area contributed by atoms with Gasteiger partial charge in [-0.25, -0.2) is 0 Å². The molecule has 8 heteroatoms. The zero-order valence-corrected chi connectivity index (χ0v) is 18.6. The summed E-state index contributed by atoms with van der Waals surface area (Å²) in [6, 6.07) is 10.2. The van der Waals surface area contributed by atoms with Crippen LogP contribution in [0.5, 0.6) is 0 Å². The quantitative estimate of drug-likeness (QED) is 0.637. The van der Waals surface area contributed by atoms with Crippen LogP contribution >= 0.6 is 0 Å². The van der Waals surface area contributed by atoms with Gasteiger partial charge < -0.3 is 9.47 Å². The highest BCUT2D eigenvalue weighted by atomic mass is 16.5. The van der Waals surface area contributed by atoms with E-state index in [1.807, 2.05) is 0 Å². The Morgan fingerprint density at radius 3 is 1.41 bits per heavy atom. The summed E-state index contributed by atoms with van der Waals surface area (Å²) >= 11 is 0. The van der Waals surface area contributed by atoms with E-state index in [2.05, 4.69) is 0 Å². The minimum absolute atomic E-state index is 0.112. The van der Waals surface area contributed by atoms with Gasteiger partial charge in [0.05, 0.1) is 47.6 Å². The highest BCUT2D eigenvalue weighted by Crippen LogP contribution is 2.33. The Kier molecular flexibility index (Phi) is 5.08. The van der Waals surface area contributed by atoms with Gasteiger partial charge in [-0.1, -0.05) is 12.1 Å². The Morgan fingerprint density at radius 2 is 1.03 bits per heavy atom. The predicted molar refractivity (Wildman–Crippen MR) is 121 cm³/mol. The van der Waals surface area contributed by atoms with Crippen molar-refractivity contribution in [3.8, 4) is 11.1 Å². The van der Waals surface area contributed by atoms with Gasteiger partial charge in [0.1, 0.15) is 0 Å². The van der Waals surface area contributed by atoms with Crippen molar-refractivity contribution in [1.29, 1.82) is 0 Å². The van der Waals surface area contributed by atoms with E-state index in [-0.39, 0.29) is 48.9 Å². The molecule has 0 N–H and O–H groups in total. The lowest BCUT2D eigenvalue weighted by Gasteiger charge is -2.17. The van der Waals surface area contributed by atoms with Crippen LogP contribution in [0.2, 0.25) is 0 Å². The Hall–Kier alpha value is -3.36. The number of amides is 4. The lowest BCUT2D eigenvalue weighted by Crippen LogP contribution is -2.36. The van der Waals surface area contributed by atoms with Gasteiger partial charge in [0.15, 0.2) is 0 Å². The molecule has 34 heavy (non-hydrogen) atoms. The summed E-state index contributed by atoms with van der Waals surface area (Å²) in [7, 11) is 0. The van der Waals surface area contributed by atoms with Crippen LogP contribution in [0.4, 0.5) is 0 Å². The Morgan fingerprint density at radius 1 is 0.618 bits per heavy atom. The smallest absolute Gasteiger partial charge is 0.261 e. The minimum atomic E-state index is -0.326. The predicted octanol–water partition coefficient (Wildman–Crippen LogP) is 2.90. The number of hydrogen-bond acceptors (Lipinski definition) is 6. The van der Waals surface area contributed by atoms with E-state index in [0.29, 0.717) is 46.6 Å². The molecule has 2 aromatic rings. The number of benzene rings is 2. The van der Waals surface area contributed by atoms with E-state index in [1.165, 1.54) is 9.80 Å². The normalized spacial score (nSPS) is 23.9. The summed E-state index contributed by atoms with van der Waals surface area (Å²) < 4.78 is 11.2. The van der Waals surface area contributed by atoms with Crippen molar-refractivity contribution in [2.75, 3.05) is 26.3 Å². The van der Waals surface area contributed by atoms with Gasteiger partial charge in [-0.05, 0) is 61.1 Å². The molecular formula is C26H24N2O6. The molecule has 4 aliphatic rings. The molecule has 4 aliphatic heterocycles. The Bertz CT molecular complexity index is 1130. The average Bonchev–Trinajstić information content (AvgIpc) is 3.64. The third-order valence-electron chi connectivity index (χ3n) is 7.10. The zero-order valence-electron chi connectivity index (χ0n) is 18.6. The number of rotatable bonds is 5. The van der Waals surface area contributed by atoms with Crippen LogP contribution in [-0.2, 0) is 9.47 Å². The molecule has 0 aromatic heterocycles. The lowest BCUT2D eigenvalue weighted by atomic mass is 9.97. The van der Waals surface area contributed by atoms with Crippen LogP contribution < -0.4 is 0 Å². The maximum Gasteiger partial charge on any atom is 0.261 e. The molecule has 0 radical (unpaired) electrons. The van der Waals surface area contributed by atoms with Gasteiger partial charge in [0.2, 0.25) is 0 Å². The number of fused-ring (bicyclic) bond motifs is 2. The molecule has 2 aromatic carbocycles. The first-order valence-corrected chi connectivity index (χ1v) is 11.8. The van der Waals surface area contributed by atoms with Crippen molar-refractivity contribution >= 4 is 23.6 Å². The molecule has 0 saturated carbocycles.